The van der Waals surface area contributed by atoms with E-state index in [1.165, 1.54) is 62.6 Å². The zero-order valence-corrected chi connectivity index (χ0v) is 60.7. The second kappa shape index (κ2) is 39.0. The van der Waals surface area contributed by atoms with Gasteiger partial charge in [0.05, 0.1) is 22.8 Å². The second-order valence-electron chi connectivity index (χ2n) is 22.0. The van der Waals surface area contributed by atoms with E-state index in [4.69, 9.17) is 0 Å². The SMILES string of the molecule is Cc1cc(-c2ccsc2)cs1.Cc1ccc(-c2ccccn2)nc1.Cc1ccc(-c2cccnc2)cn1.Cc1ccc(-c2cccnc2)nc1.Cc1ccc(-c2cccs2)s1.Cc1ccc(-c2ccncc2)cn1.Cc1ccc(-c2ccncc2)nc1.Cc1ccc(-c2ccsc2)s1. The first-order chi connectivity index (χ1) is 47.9. The Morgan fingerprint density at radius 2 is 0.765 bits per heavy atom. The van der Waals surface area contributed by atoms with Gasteiger partial charge in [0.2, 0.25) is 0 Å². The molecular formula is C82H74N10S6. The normalized spacial score (nSPS) is 10.0. The van der Waals surface area contributed by atoms with Crippen molar-refractivity contribution in [3.05, 3.63) is 344 Å². The molecule has 0 aromatic carbocycles. The molecular weight excluding hydrogens is 1320 g/mol. The van der Waals surface area contributed by atoms with Crippen LogP contribution in [0.15, 0.2) is 301 Å². The largest absolute Gasteiger partial charge is 0.265 e. The predicted octanol–water partition coefficient (Wildman–Crippen LogP) is 23.6. The van der Waals surface area contributed by atoms with E-state index in [-0.39, 0.29) is 0 Å². The molecule has 0 saturated carbocycles. The Morgan fingerprint density at radius 3 is 1.21 bits per heavy atom. The van der Waals surface area contributed by atoms with Gasteiger partial charge in [0, 0.05) is 161 Å². The Morgan fingerprint density at radius 1 is 0.245 bits per heavy atom. The molecule has 0 amide bonds. The average molecular weight is 1390 g/mol. The maximum Gasteiger partial charge on any atom is 0.0886 e. The van der Waals surface area contributed by atoms with Crippen molar-refractivity contribution in [2.24, 2.45) is 0 Å². The number of pyridine rings is 10. The summed E-state index contributed by atoms with van der Waals surface area (Å²) in [5, 5.41) is 12.9. The van der Waals surface area contributed by atoms with Crippen LogP contribution < -0.4 is 0 Å². The molecule has 0 radical (unpaired) electrons. The van der Waals surface area contributed by atoms with E-state index in [0.29, 0.717) is 0 Å². The fraction of sp³-hybridized carbons (Fsp3) is 0.0976. The molecule has 0 fully saturated rings. The molecule has 0 atom stereocenters. The van der Waals surface area contributed by atoms with E-state index < -0.39 is 0 Å². The molecule has 0 aliphatic rings. The van der Waals surface area contributed by atoms with Crippen LogP contribution in [0.4, 0.5) is 0 Å². The molecule has 0 spiro atoms. The van der Waals surface area contributed by atoms with Crippen LogP contribution in [-0.2, 0) is 0 Å². The summed E-state index contributed by atoms with van der Waals surface area (Å²) in [6.07, 6.45) is 25.4. The quantitative estimate of drug-likeness (QED) is 0.145. The van der Waals surface area contributed by atoms with E-state index in [1.807, 2.05) is 215 Å². The van der Waals surface area contributed by atoms with E-state index in [2.05, 4.69) is 182 Å². The first-order valence-electron chi connectivity index (χ1n) is 31.3. The van der Waals surface area contributed by atoms with Crippen molar-refractivity contribution >= 4 is 68.0 Å². The van der Waals surface area contributed by atoms with E-state index in [9.17, 15) is 0 Å². The molecule has 16 aromatic heterocycles. The number of nitrogens with zero attached hydrogens (tertiary/aromatic N) is 10. The summed E-state index contributed by atoms with van der Waals surface area (Å²) >= 11 is 10.8. The molecule has 0 bridgehead atoms. The van der Waals surface area contributed by atoms with Crippen LogP contribution in [0.2, 0.25) is 0 Å². The lowest BCUT2D eigenvalue weighted by atomic mass is 10.1. The van der Waals surface area contributed by atoms with Crippen LogP contribution in [0, 0.1) is 55.4 Å². The minimum atomic E-state index is 0.919. The molecule has 16 heterocycles. The first-order valence-corrected chi connectivity index (χ1v) is 36.6. The van der Waals surface area contributed by atoms with Crippen molar-refractivity contribution in [1.29, 1.82) is 0 Å². The highest BCUT2D eigenvalue weighted by Gasteiger charge is 2.04. The minimum absolute atomic E-state index is 0.919. The third kappa shape index (κ3) is 24.1. The summed E-state index contributed by atoms with van der Waals surface area (Å²) in [7, 11) is 0. The highest BCUT2D eigenvalue weighted by molar-refractivity contribution is 7.21. The number of aryl methyl sites for hydroxylation is 8. The van der Waals surface area contributed by atoms with E-state index in [1.54, 1.807) is 77.4 Å². The lowest BCUT2D eigenvalue weighted by Gasteiger charge is -1.99. The molecule has 0 saturated heterocycles. The molecule has 0 aliphatic carbocycles. The number of hydrogen-bond acceptors (Lipinski definition) is 16. The molecule has 16 heteroatoms. The van der Waals surface area contributed by atoms with Gasteiger partial charge in [-0.3, -0.25) is 49.8 Å². The molecule has 0 N–H and O–H groups in total. The van der Waals surface area contributed by atoms with Crippen LogP contribution in [0.5, 0.6) is 0 Å². The number of thiophene rings is 6. The topological polar surface area (TPSA) is 129 Å². The van der Waals surface area contributed by atoms with Crippen molar-refractivity contribution in [3.8, 4) is 87.5 Å². The number of rotatable bonds is 8. The maximum absolute atomic E-state index is 4.32. The maximum atomic E-state index is 4.32. The summed E-state index contributed by atoms with van der Waals surface area (Å²) in [4.78, 5) is 49.9. The third-order valence-corrected chi connectivity index (χ3v) is 19.4. The van der Waals surface area contributed by atoms with Crippen molar-refractivity contribution in [3.63, 3.8) is 0 Å². The van der Waals surface area contributed by atoms with Crippen LogP contribution in [0.1, 0.15) is 42.7 Å². The summed E-state index contributed by atoms with van der Waals surface area (Å²) in [5.74, 6) is 0. The van der Waals surface area contributed by atoms with Gasteiger partial charge < -0.3 is 0 Å². The van der Waals surface area contributed by atoms with Gasteiger partial charge in [-0.1, -0.05) is 48.5 Å². The highest BCUT2D eigenvalue weighted by atomic mass is 32.1. The lowest BCUT2D eigenvalue weighted by Crippen LogP contribution is -1.85. The molecule has 16 rings (SSSR count). The molecule has 10 nitrogen and oxygen atoms in total. The summed E-state index contributed by atoms with van der Waals surface area (Å²) in [6, 6.07) is 61.4. The third-order valence-electron chi connectivity index (χ3n) is 14.1. The van der Waals surface area contributed by atoms with Crippen LogP contribution in [0.25, 0.3) is 87.5 Å². The van der Waals surface area contributed by atoms with Crippen molar-refractivity contribution in [1.82, 2.24) is 49.8 Å². The van der Waals surface area contributed by atoms with Crippen LogP contribution in [0.3, 0.4) is 0 Å². The van der Waals surface area contributed by atoms with Gasteiger partial charge in [0.25, 0.3) is 0 Å². The van der Waals surface area contributed by atoms with Gasteiger partial charge in [-0.15, -0.1) is 45.3 Å². The molecule has 98 heavy (non-hydrogen) atoms. The van der Waals surface area contributed by atoms with E-state index in [0.717, 1.165) is 67.5 Å². The molecule has 0 unspecified atom stereocenters. The fourth-order valence-corrected chi connectivity index (χ4v) is 13.5. The zero-order chi connectivity index (χ0) is 68.5. The van der Waals surface area contributed by atoms with Crippen LogP contribution >= 0.6 is 68.0 Å². The standard InChI is InChI=1S/5C11H10N2.3C9H8S2/c1-9-2-3-11(8-13-9)10-4-6-12-7-5-10;1-9-2-3-11(13-8-9)10-4-6-12-7-5-10;1-9-4-5-11(8-13-9)10-3-2-6-12-7-10;1-9-4-5-11(13-7-9)10-3-2-6-12-8-10;1-9-5-6-11(13-8-9)10-4-2-3-7-12-10;1-7-4-9(6-11-7)8-2-3-10-5-8;1-7-2-3-9(11-7)8-4-5-10-6-8;1-7-4-5-9(11-7)8-3-2-6-10-8/h5*2-8H,1H3;3*2-6H,1H3. The number of aromatic nitrogens is 10. The molecule has 488 valence electrons. The molecule has 0 aliphatic heterocycles. The lowest BCUT2D eigenvalue weighted by molar-refractivity contribution is 1.20. The Hall–Kier alpha value is -10.3. The van der Waals surface area contributed by atoms with Crippen LogP contribution in [-0.4, -0.2) is 49.8 Å². The van der Waals surface area contributed by atoms with E-state index >= 15 is 0 Å². The van der Waals surface area contributed by atoms with Gasteiger partial charge in [-0.05, 0) is 255 Å². The average Bonchev–Trinajstić information content (AvgIpc) is 1.88. The van der Waals surface area contributed by atoms with Gasteiger partial charge >= 0.3 is 0 Å². The summed E-state index contributed by atoms with van der Waals surface area (Å²) in [6.45, 7) is 16.5. The second-order valence-corrected chi connectivity index (χ2v) is 28.2. The van der Waals surface area contributed by atoms with Gasteiger partial charge in [0.1, 0.15) is 0 Å². The summed E-state index contributed by atoms with van der Waals surface area (Å²) < 4.78 is 0. The Bertz CT molecular complexity index is 4110. The van der Waals surface area contributed by atoms with Gasteiger partial charge in [0.15, 0.2) is 0 Å². The van der Waals surface area contributed by atoms with Crippen molar-refractivity contribution in [2.45, 2.75) is 55.4 Å². The molecule has 16 aromatic rings. The van der Waals surface area contributed by atoms with Gasteiger partial charge in [-0.25, -0.2) is 0 Å². The Labute approximate surface area is 599 Å². The van der Waals surface area contributed by atoms with Crippen molar-refractivity contribution in [2.75, 3.05) is 0 Å². The predicted molar refractivity (Wildman–Crippen MR) is 418 cm³/mol. The summed E-state index contributed by atoms with van der Waals surface area (Å²) in [5.41, 5.74) is 20.1. The zero-order valence-electron chi connectivity index (χ0n) is 55.8. The Kier molecular flexibility index (Phi) is 28.7. The fourth-order valence-electron chi connectivity index (χ4n) is 8.81. The number of hydrogen-bond donors (Lipinski definition) is 0. The minimum Gasteiger partial charge on any atom is -0.265 e. The smallest absolute Gasteiger partial charge is 0.0886 e. The monoisotopic (exact) mass is 1390 g/mol. The first kappa shape index (κ1) is 72.0. The highest BCUT2D eigenvalue weighted by Crippen LogP contribution is 2.32. The van der Waals surface area contributed by atoms with Gasteiger partial charge in [-0.2, -0.15) is 22.7 Å². The van der Waals surface area contributed by atoms with Crippen molar-refractivity contribution < 1.29 is 0 Å². The Balaban J connectivity index is 0.000000131.